The smallest absolute Gasteiger partial charge is 0.168 e. The molecule has 0 spiro atoms. The van der Waals surface area contributed by atoms with Gasteiger partial charge in [0.1, 0.15) is 23.6 Å². The second kappa shape index (κ2) is 5.97. The lowest BCUT2D eigenvalue weighted by Gasteiger charge is -2.07. The molecule has 0 aliphatic rings. The normalized spacial score (nSPS) is 11.2. The minimum Gasteiger partial charge on any atom is -0.365 e. The third-order valence-corrected chi connectivity index (χ3v) is 4.16. The molecule has 25 heavy (non-hydrogen) atoms. The van der Waals surface area contributed by atoms with Crippen molar-refractivity contribution in [1.29, 1.82) is 0 Å². The van der Waals surface area contributed by atoms with E-state index in [-0.39, 0.29) is 5.82 Å². The first-order valence-corrected chi connectivity index (χ1v) is 7.83. The maximum Gasteiger partial charge on any atom is 0.168 e. The summed E-state index contributed by atoms with van der Waals surface area (Å²) in [7, 11) is 0. The van der Waals surface area contributed by atoms with Crippen LogP contribution >= 0.6 is 0 Å². The number of halogens is 1. The minimum atomic E-state index is -0.356. The van der Waals surface area contributed by atoms with Crippen LogP contribution in [-0.4, -0.2) is 29.9 Å². The number of nitrogens with zero attached hydrogens (tertiary/aromatic N) is 5. The van der Waals surface area contributed by atoms with E-state index in [1.165, 1.54) is 17.1 Å². The molecule has 2 N–H and O–H groups in total. The number of aromatic nitrogens is 6. The third kappa shape index (κ3) is 2.61. The molecule has 4 aromatic rings. The van der Waals surface area contributed by atoms with Gasteiger partial charge in [-0.15, -0.1) is 0 Å². The molecule has 0 aliphatic heterocycles. The van der Waals surface area contributed by atoms with Gasteiger partial charge in [-0.2, -0.15) is 10.2 Å². The lowest BCUT2D eigenvalue weighted by atomic mass is 10.2. The molecule has 0 aliphatic carbocycles. The molecule has 0 saturated carbocycles. The molecule has 7 nitrogen and oxygen atoms in total. The molecule has 3 aromatic heterocycles. The van der Waals surface area contributed by atoms with E-state index in [0.717, 1.165) is 22.3 Å². The molecule has 0 unspecified atom stereocenters. The highest BCUT2D eigenvalue weighted by molar-refractivity contribution is 5.87. The quantitative estimate of drug-likeness (QED) is 0.598. The van der Waals surface area contributed by atoms with Crippen molar-refractivity contribution >= 4 is 16.9 Å². The Balaban J connectivity index is 1.71. The molecule has 0 bridgehead atoms. The number of aromatic amines is 1. The second-order valence-corrected chi connectivity index (χ2v) is 5.73. The Morgan fingerprint density at radius 1 is 1.20 bits per heavy atom. The van der Waals surface area contributed by atoms with Crippen molar-refractivity contribution in [2.24, 2.45) is 0 Å². The topological polar surface area (TPSA) is 84.3 Å². The van der Waals surface area contributed by atoms with E-state index in [1.807, 2.05) is 13.8 Å². The Kier molecular flexibility index (Phi) is 3.64. The number of rotatable bonds is 4. The van der Waals surface area contributed by atoms with Crippen molar-refractivity contribution in [3.8, 4) is 5.69 Å². The predicted octanol–water partition coefficient (Wildman–Crippen LogP) is 2.91. The van der Waals surface area contributed by atoms with Crippen LogP contribution in [-0.2, 0) is 6.54 Å². The van der Waals surface area contributed by atoms with Crippen LogP contribution in [0, 0.1) is 19.7 Å². The van der Waals surface area contributed by atoms with Crippen LogP contribution in [0.1, 0.15) is 17.0 Å². The van der Waals surface area contributed by atoms with Gasteiger partial charge in [-0.1, -0.05) is 12.1 Å². The molecule has 0 saturated heterocycles. The zero-order chi connectivity index (χ0) is 17.4. The highest BCUT2D eigenvalue weighted by atomic mass is 19.1. The number of para-hydroxylation sites is 1. The van der Waals surface area contributed by atoms with Gasteiger partial charge in [0.25, 0.3) is 0 Å². The van der Waals surface area contributed by atoms with Gasteiger partial charge in [0.15, 0.2) is 5.65 Å². The molecule has 126 valence electrons. The largest absolute Gasteiger partial charge is 0.365 e. The summed E-state index contributed by atoms with van der Waals surface area (Å²) in [5, 5.41) is 15.5. The van der Waals surface area contributed by atoms with E-state index >= 15 is 0 Å². The first-order valence-electron chi connectivity index (χ1n) is 7.83. The van der Waals surface area contributed by atoms with Crippen molar-refractivity contribution in [3.05, 3.63) is 59.6 Å². The molecule has 0 atom stereocenters. The number of aryl methyl sites for hydroxylation is 2. The average molecular weight is 337 g/mol. The summed E-state index contributed by atoms with van der Waals surface area (Å²) in [4.78, 5) is 8.56. The number of benzene rings is 1. The number of anilines is 1. The number of nitrogens with one attached hydrogen (secondary N) is 2. The molecule has 1 aromatic carbocycles. The van der Waals surface area contributed by atoms with Crippen LogP contribution in [0.5, 0.6) is 0 Å². The summed E-state index contributed by atoms with van der Waals surface area (Å²) in [6, 6.07) is 6.46. The van der Waals surface area contributed by atoms with Gasteiger partial charge in [-0.3, -0.25) is 5.10 Å². The van der Waals surface area contributed by atoms with Gasteiger partial charge in [0.2, 0.25) is 0 Å². The van der Waals surface area contributed by atoms with Crippen LogP contribution < -0.4 is 5.32 Å². The fraction of sp³-hybridized carbons (Fsp3) is 0.176. The lowest BCUT2D eigenvalue weighted by Crippen LogP contribution is -2.05. The summed E-state index contributed by atoms with van der Waals surface area (Å²) in [6.45, 7) is 4.50. The number of hydrogen-bond donors (Lipinski definition) is 2. The van der Waals surface area contributed by atoms with Gasteiger partial charge >= 0.3 is 0 Å². The maximum absolute atomic E-state index is 14.1. The monoisotopic (exact) mass is 337 g/mol. The molecule has 3 heterocycles. The first kappa shape index (κ1) is 15.3. The van der Waals surface area contributed by atoms with Crippen molar-refractivity contribution < 1.29 is 4.39 Å². The fourth-order valence-electron chi connectivity index (χ4n) is 2.79. The van der Waals surface area contributed by atoms with Crippen molar-refractivity contribution in [1.82, 2.24) is 29.9 Å². The van der Waals surface area contributed by atoms with E-state index in [2.05, 4.69) is 30.6 Å². The number of fused-ring (bicyclic) bond motifs is 1. The third-order valence-electron chi connectivity index (χ3n) is 4.16. The van der Waals surface area contributed by atoms with Gasteiger partial charge in [0.05, 0.1) is 17.3 Å². The highest BCUT2D eigenvalue weighted by Crippen LogP contribution is 2.23. The summed E-state index contributed by atoms with van der Waals surface area (Å²) in [5.74, 6) is 0.290. The standard InChI is InChI=1S/C17H16FN7/c1-10-12(11(2)24-23-10)7-19-16-13-8-22-25(17(13)21-9-20-16)15-6-4-3-5-14(15)18/h3-6,8-9H,7H2,1-2H3,(H,23,24)(H,19,20,21). The number of H-pyrrole nitrogens is 1. The van der Waals surface area contributed by atoms with Crippen LogP contribution in [0.15, 0.2) is 36.8 Å². The van der Waals surface area contributed by atoms with E-state index in [0.29, 0.717) is 23.7 Å². The van der Waals surface area contributed by atoms with Crippen molar-refractivity contribution in [2.45, 2.75) is 20.4 Å². The van der Waals surface area contributed by atoms with Gasteiger partial charge in [-0.25, -0.2) is 19.0 Å². The van der Waals surface area contributed by atoms with Gasteiger partial charge < -0.3 is 5.32 Å². The molecule has 8 heteroatoms. The Labute approximate surface area is 142 Å². The maximum atomic E-state index is 14.1. The van der Waals surface area contributed by atoms with Crippen molar-refractivity contribution in [3.63, 3.8) is 0 Å². The Morgan fingerprint density at radius 3 is 2.80 bits per heavy atom. The molecule has 0 amide bonds. The summed E-state index contributed by atoms with van der Waals surface area (Å²) < 4.78 is 15.6. The Morgan fingerprint density at radius 2 is 2.04 bits per heavy atom. The Hall–Kier alpha value is -3.29. The molecule has 4 rings (SSSR count). The van der Waals surface area contributed by atoms with E-state index in [1.54, 1.807) is 24.4 Å². The zero-order valence-corrected chi connectivity index (χ0v) is 13.8. The van der Waals surface area contributed by atoms with E-state index < -0.39 is 0 Å². The lowest BCUT2D eigenvalue weighted by molar-refractivity contribution is 0.612. The summed E-state index contributed by atoms with van der Waals surface area (Å²) in [6.07, 6.45) is 3.08. The minimum absolute atomic E-state index is 0.351. The Bertz CT molecular complexity index is 1030. The number of hydrogen-bond acceptors (Lipinski definition) is 5. The SMILES string of the molecule is Cc1n[nH]c(C)c1CNc1ncnc2c1cnn2-c1ccccc1F. The second-order valence-electron chi connectivity index (χ2n) is 5.73. The predicted molar refractivity (Wildman–Crippen MR) is 92.0 cm³/mol. The van der Waals surface area contributed by atoms with E-state index in [9.17, 15) is 4.39 Å². The molecule has 0 fully saturated rings. The van der Waals surface area contributed by atoms with Crippen molar-refractivity contribution in [2.75, 3.05) is 5.32 Å². The zero-order valence-electron chi connectivity index (χ0n) is 13.8. The summed E-state index contributed by atoms with van der Waals surface area (Å²) >= 11 is 0. The van der Waals surface area contributed by atoms with Crippen LogP contribution in [0.2, 0.25) is 0 Å². The molecule has 0 radical (unpaired) electrons. The fourth-order valence-corrected chi connectivity index (χ4v) is 2.79. The van der Waals surface area contributed by atoms with Crippen LogP contribution in [0.4, 0.5) is 10.2 Å². The highest BCUT2D eigenvalue weighted by Gasteiger charge is 2.14. The van der Waals surface area contributed by atoms with E-state index in [4.69, 9.17) is 0 Å². The molecular formula is C17H16FN7. The summed E-state index contributed by atoms with van der Waals surface area (Å²) in [5.41, 5.74) is 3.94. The molecular weight excluding hydrogens is 321 g/mol. The van der Waals surface area contributed by atoms with Crippen LogP contribution in [0.25, 0.3) is 16.7 Å². The van der Waals surface area contributed by atoms with Crippen LogP contribution in [0.3, 0.4) is 0 Å². The van der Waals surface area contributed by atoms with Gasteiger partial charge in [0, 0.05) is 17.8 Å². The van der Waals surface area contributed by atoms with Gasteiger partial charge in [-0.05, 0) is 26.0 Å². The first-order chi connectivity index (χ1) is 12.1. The average Bonchev–Trinajstić information content (AvgIpc) is 3.18.